The van der Waals surface area contributed by atoms with E-state index in [1.165, 1.54) is 13.2 Å². The van der Waals surface area contributed by atoms with Gasteiger partial charge in [0.1, 0.15) is 5.75 Å². The number of rotatable bonds is 4. The molecule has 0 aromatic heterocycles. The number of halogens is 2. The average Bonchev–Trinajstić information content (AvgIpc) is 2.47. The van der Waals surface area contributed by atoms with Crippen molar-refractivity contribution in [1.29, 1.82) is 0 Å². The Morgan fingerprint density at radius 3 is 2.67 bits per heavy atom. The molecule has 5 heteroatoms. The van der Waals surface area contributed by atoms with Gasteiger partial charge in [0.05, 0.1) is 12.8 Å². The van der Waals surface area contributed by atoms with Gasteiger partial charge in [-0.3, -0.25) is 4.79 Å². The van der Waals surface area contributed by atoms with Crippen LogP contribution in [0.3, 0.4) is 0 Å². The number of anilines is 1. The van der Waals surface area contributed by atoms with Gasteiger partial charge in [0.2, 0.25) is 5.91 Å². The fourth-order valence-electron chi connectivity index (χ4n) is 1.73. The molecule has 0 aliphatic carbocycles. The van der Waals surface area contributed by atoms with Crippen LogP contribution in [-0.4, -0.2) is 13.0 Å². The number of methoxy groups -OCH3 is 1. The van der Waals surface area contributed by atoms with E-state index in [1.54, 1.807) is 30.3 Å². The molecule has 0 saturated heterocycles. The minimum Gasteiger partial charge on any atom is -0.495 e. The van der Waals surface area contributed by atoms with Gasteiger partial charge in [-0.1, -0.05) is 41.4 Å². The van der Waals surface area contributed by atoms with Crippen LogP contribution < -0.4 is 10.1 Å². The van der Waals surface area contributed by atoms with E-state index in [0.717, 1.165) is 5.56 Å². The van der Waals surface area contributed by atoms with Crippen molar-refractivity contribution in [3.63, 3.8) is 0 Å². The highest BCUT2D eigenvalue weighted by Gasteiger charge is 2.06. The summed E-state index contributed by atoms with van der Waals surface area (Å²) in [6.45, 7) is 0. The summed E-state index contributed by atoms with van der Waals surface area (Å²) in [6, 6.07) is 12.3. The second kappa shape index (κ2) is 7.16. The molecule has 108 valence electrons. The zero-order chi connectivity index (χ0) is 15.2. The number of amides is 1. The highest BCUT2D eigenvalue weighted by Crippen LogP contribution is 2.27. The summed E-state index contributed by atoms with van der Waals surface area (Å²) < 4.78 is 5.16. The van der Waals surface area contributed by atoms with Crippen molar-refractivity contribution in [2.75, 3.05) is 12.4 Å². The van der Waals surface area contributed by atoms with Gasteiger partial charge in [-0.15, -0.1) is 0 Å². The van der Waals surface area contributed by atoms with Crippen molar-refractivity contribution in [1.82, 2.24) is 0 Å². The highest BCUT2D eigenvalue weighted by molar-refractivity contribution is 6.32. The van der Waals surface area contributed by atoms with Crippen LogP contribution in [0.25, 0.3) is 6.08 Å². The van der Waals surface area contributed by atoms with E-state index in [0.29, 0.717) is 21.5 Å². The van der Waals surface area contributed by atoms with Gasteiger partial charge in [-0.05, 0) is 35.9 Å². The molecule has 0 radical (unpaired) electrons. The topological polar surface area (TPSA) is 38.3 Å². The molecule has 0 atom stereocenters. The lowest BCUT2D eigenvalue weighted by atomic mass is 10.2. The number of hydrogen-bond donors (Lipinski definition) is 1. The molecule has 0 aliphatic rings. The van der Waals surface area contributed by atoms with Crippen molar-refractivity contribution in [2.24, 2.45) is 0 Å². The summed E-state index contributed by atoms with van der Waals surface area (Å²) in [5, 5.41) is 3.81. The van der Waals surface area contributed by atoms with Gasteiger partial charge in [-0.25, -0.2) is 0 Å². The molecular formula is C16H13Cl2NO2. The predicted octanol–water partition coefficient (Wildman–Crippen LogP) is 4.65. The number of carbonyl (C=O) groups is 1. The summed E-state index contributed by atoms with van der Waals surface area (Å²) in [4.78, 5) is 11.9. The Bertz CT molecular complexity index is 684. The Labute approximate surface area is 133 Å². The third-order valence-electron chi connectivity index (χ3n) is 2.74. The van der Waals surface area contributed by atoms with Gasteiger partial charge in [0.15, 0.2) is 0 Å². The fourth-order valence-corrected chi connectivity index (χ4v) is 2.10. The van der Waals surface area contributed by atoms with Crippen molar-refractivity contribution >= 4 is 40.9 Å². The number of benzene rings is 2. The first-order chi connectivity index (χ1) is 10.1. The van der Waals surface area contributed by atoms with Crippen LogP contribution in [0.5, 0.6) is 5.75 Å². The summed E-state index contributed by atoms with van der Waals surface area (Å²) in [6.07, 6.45) is 3.05. The Kier molecular flexibility index (Phi) is 5.26. The number of carbonyl (C=O) groups excluding carboxylic acids is 1. The molecule has 2 aromatic rings. The average molecular weight is 322 g/mol. The first-order valence-corrected chi connectivity index (χ1v) is 6.93. The largest absolute Gasteiger partial charge is 0.495 e. The molecule has 0 saturated carbocycles. The summed E-state index contributed by atoms with van der Waals surface area (Å²) >= 11 is 11.9. The van der Waals surface area contributed by atoms with Gasteiger partial charge < -0.3 is 10.1 Å². The third-order valence-corrected chi connectivity index (χ3v) is 3.32. The standard InChI is InChI=1S/C16H13Cl2NO2/c1-21-15-8-7-12(17)10-14(15)19-16(20)9-6-11-4-2-3-5-13(11)18/h2-10H,1H3,(H,19,20). The first kappa shape index (κ1) is 15.4. The molecule has 0 heterocycles. The van der Waals surface area contributed by atoms with Crippen molar-refractivity contribution < 1.29 is 9.53 Å². The van der Waals surface area contributed by atoms with E-state index in [9.17, 15) is 4.79 Å². The molecule has 1 amide bonds. The Morgan fingerprint density at radius 1 is 1.19 bits per heavy atom. The Balaban J connectivity index is 2.12. The molecule has 0 aliphatic heterocycles. The maximum Gasteiger partial charge on any atom is 0.248 e. The minimum atomic E-state index is -0.296. The lowest BCUT2D eigenvalue weighted by molar-refractivity contribution is -0.111. The van der Waals surface area contributed by atoms with Gasteiger partial charge in [0.25, 0.3) is 0 Å². The van der Waals surface area contributed by atoms with E-state index >= 15 is 0 Å². The minimum absolute atomic E-state index is 0.296. The second-order valence-corrected chi connectivity index (χ2v) is 5.03. The zero-order valence-electron chi connectivity index (χ0n) is 11.3. The van der Waals surface area contributed by atoms with Gasteiger partial charge in [0, 0.05) is 16.1 Å². The summed E-state index contributed by atoms with van der Waals surface area (Å²) in [5.41, 5.74) is 1.28. The van der Waals surface area contributed by atoms with E-state index in [1.807, 2.05) is 18.2 Å². The molecule has 0 spiro atoms. The van der Waals surface area contributed by atoms with Crippen LogP contribution in [-0.2, 0) is 4.79 Å². The lowest BCUT2D eigenvalue weighted by Gasteiger charge is -2.09. The van der Waals surface area contributed by atoms with Crippen LogP contribution >= 0.6 is 23.2 Å². The van der Waals surface area contributed by atoms with E-state index in [2.05, 4.69) is 5.32 Å². The van der Waals surface area contributed by atoms with Crippen LogP contribution in [0.4, 0.5) is 5.69 Å². The van der Waals surface area contributed by atoms with Crippen molar-refractivity contribution in [3.05, 3.63) is 64.1 Å². The van der Waals surface area contributed by atoms with E-state index < -0.39 is 0 Å². The molecule has 2 aromatic carbocycles. The quantitative estimate of drug-likeness (QED) is 0.832. The number of ether oxygens (including phenoxy) is 1. The van der Waals surface area contributed by atoms with E-state index in [4.69, 9.17) is 27.9 Å². The molecule has 0 fully saturated rings. The van der Waals surface area contributed by atoms with Crippen LogP contribution in [0.1, 0.15) is 5.56 Å². The molecule has 3 nitrogen and oxygen atoms in total. The molecular weight excluding hydrogens is 309 g/mol. The predicted molar refractivity (Wildman–Crippen MR) is 87.1 cm³/mol. The fraction of sp³-hybridized carbons (Fsp3) is 0.0625. The molecule has 1 N–H and O–H groups in total. The maximum atomic E-state index is 11.9. The molecule has 21 heavy (non-hydrogen) atoms. The summed E-state index contributed by atoms with van der Waals surface area (Å²) in [7, 11) is 1.53. The van der Waals surface area contributed by atoms with Crippen molar-refractivity contribution in [3.8, 4) is 5.75 Å². The van der Waals surface area contributed by atoms with Crippen LogP contribution in [0.15, 0.2) is 48.5 Å². The SMILES string of the molecule is COc1ccc(Cl)cc1NC(=O)C=Cc1ccccc1Cl. The number of nitrogens with one attached hydrogen (secondary N) is 1. The van der Waals surface area contributed by atoms with Gasteiger partial charge >= 0.3 is 0 Å². The van der Waals surface area contributed by atoms with Crippen LogP contribution in [0, 0.1) is 0 Å². The number of hydrogen-bond acceptors (Lipinski definition) is 2. The lowest BCUT2D eigenvalue weighted by Crippen LogP contribution is -2.08. The monoisotopic (exact) mass is 321 g/mol. The first-order valence-electron chi connectivity index (χ1n) is 6.17. The zero-order valence-corrected chi connectivity index (χ0v) is 12.8. The third kappa shape index (κ3) is 4.25. The molecule has 2 rings (SSSR count). The Hall–Kier alpha value is -1.97. The highest BCUT2D eigenvalue weighted by atomic mass is 35.5. The Morgan fingerprint density at radius 2 is 1.95 bits per heavy atom. The second-order valence-electron chi connectivity index (χ2n) is 4.19. The van der Waals surface area contributed by atoms with E-state index in [-0.39, 0.29) is 5.91 Å². The summed E-state index contributed by atoms with van der Waals surface area (Å²) in [5.74, 6) is 0.245. The maximum absolute atomic E-state index is 11.9. The molecule has 0 unspecified atom stereocenters. The molecule has 0 bridgehead atoms. The smallest absolute Gasteiger partial charge is 0.248 e. The normalized spacial score (nSPS) is 10.6. The van der Waals surface area contributed by atoms with Crippen molar-refractivity contribution in [2.45, 2.75) is 0 Å². The van der Waals surface area contributed by atoms with Gasteiger partial charge in [-0.2, -0.15) is 0 Å². The van der Waals surface area contributed by atoms with Crippen LogP contribution in [0.2, 0.25) is 10.0 Å².